The molecule has 3 N–H and O–H groups in total. The maximum atomic E-state index is 13.0. The lowest BCUT2D eigenvalue weighted by atomic mass is 10.1. The zero-order chi connectivity index (χ0) is 16.7. The molecular formula is C15H12FN3O3S. The molecule has 0 unspecified atom stereocenters. The summed E-state index contributed by atoms with van der Waals surface area (Å²) in [6, 6.07) is 5.78. The molecule has 0 saturated heterocycles. The smallest absolute Gasteiger partial charge is 0.346 e. The maximum absolute atomic E-state index is 13.0. The summed E-state index contributed by atoms with van der Waals surface area (Å²) in [7, 11) is 0. The van der Waals surface area contributed by atoms with Crippen LogP contribution in [0.25, 0.3) is 10.2 Å². The number of fused-ring (bicyclic) bond motifs is 1. The Morgan fingerprint density at radius 3 is 2.65 bits per heavy atom. The summed E-state index contributed by atoms with van der Waals surface area (Å²) < 4.78 is 13.9. The number of nitrogen functional groups attached to an aromatic ring is 1. The summed E-state index contributed by atoms with van der Waals surface area (Å²) in [5, 5.41) is 9.38. The fourth-order valence-corrected chi connectivity index (χ4v) is 3.38. The van der Waals surface area contributed by atoms with Crippen LogP contribution in [0.3, 0.4) is 0 Å². The number of hydrogen-bond donors (Lipinski definition) is 2. The number of thiophene rings is 1. The lowest BCUT2D eigenvalue weighted by molar-refractivity contribution is 0.0701. The van der Waals surface area contributed by atoms with Gasteiger partial charge in [0.25, 0.3) is 5.56 Å². The first-order valence-corrected chi connectivity index (χ1v) is 7.48. The maximum Gasteiger partial charge on any atom is 0.346 e. The van der Waals surface area contributed by atoms with Crippen molar-refractivity contribution in [1.82, 2.24) is 9.66 Å². The minimum atomic E-state index is -1.10. The molecule has 2 heterocycles. The summed E-state index contributed by atoms with van der Waals surface area (Å²) in [5.41, 5.74) is 0.611. The number of carboxylic acid groups (broad SMARTS) is 1. The molecule has 6 nitrogen and oxygen atoms in total. The second kappa shape index (κ2) is 5.47. The summed E-state index contributed by atoms with van der Waals surface area (Å²) in [6.45, 7) is 1.56. The summed E-state index contributed by atoms with van der Waals surface area (Å²) in [6.07, 6.45) is 0.237. The van der Waals surface area contributed by atoms with Crippen molar-refractivity contribution in [3.63, 3.8) is 0 Å². The predicted molar refractivity (Wildman–Crippen MR) is 84.9 cm³/mol. The minimum absolute atomic E-state index is 0.0727. The lowest BCUT2D eigenvalue weighted by Crippen LogP contribution is -2.31. The van der Waals surface area contributed by atoms with E-state index in [1.54, 1.807) is 19.1 Å². The number of aromatic carboxylic acids is 1. The van der Waals surface area contributed by atoms with Crippen LogP contribution in [0.4, 0.5) is 4.39 Å². The van der Waals surface area contributed by atoms with Crippen molar-refractivity contribution < 1.29 is 14.3 Å². The number of aryl methyl sites for hydroxylation is 1. The highest BCUT2D eigenvalue weighted by Gasteiger charge is 2.20. The van der Waals surface area contributed by atoms with Crippen molar-refractivity contribution in [2.45, 2.75) is 13.3 Å². The van der Waals surface area contributed by atoms with Crippen LogP contribution in [-0.2, 0) is 6.42 Å². The quantitative estimate of drug-likeness (QED) is 0.714. The SMILES string of the molecule is Cc1c(C(=O)O)sc2nc(Cc3ccc(F)cc3)n(N)c(=O)c12. The molecule has 3 aromatic rings. The molecule has 2 aromatic heterocycles. The predicted octanol–water partition coefficient (Wildman–Crippen LogP) is 1.91. The Morgan fingerprint density at radius 1 is 1.39 bits per heavy atom. The van der Waals surface area contributed by atoms with Crippen molar-refractivity contribution in [3.8, 4) is 0 Å². The van der Waals surface area contributed by atoms with E-state index in [2.05, 4.69) is 4.98 Å². The van der Waals surface area contributed by atoms with Gasteiger partial charge in [-0.15, -0.1) is 11.3 Å². The standard InChI is InChI=1S/C15H12FN3O3S/c1-7-11-13(23-12(7)15(21)22)18-10(19(17)14(11)20)6-8-2-4-9(16)5-3-8/h2-5H,6,17H2,1H3,(H,21,22). The van der Waals surface area contributed by atoms with E-state index in [1.165, 1.54) is 12.1 Å². The first kappa shape index (κ1) is 15.2. The molecule has 1 aromatic carbocycles. The average Bonchev–Trinajstić information content (AvgIpc) is 2.84. The van der Waals surface area contributed by atoms with Crippen molar-refractivity contribution in [3.05, 3.63) is 62.3 Å². The van der Waals surface area contributed by atoms with Gasteiger partial charge in [-0.25, -0.2) is 18.8 Å². The molecule has 0 amide bonds. The number of halogens is 1. The number of nitrogens with zero attached hydrogens (tertiary/aromatic N) is 2. The molecular weight excluding hydrogens is 321 g/mol. The van der Waals surface area contributed by atoms with Crippen LogP contribution in [0.1, 0.15) is 26.6 Å². The number of aromatic nitrogens is 2. The van der Waals surface area contributed by atoms with Gasteiger partial charge in [0, 0.05) is 6.42 Å². The van der Waals surface area contributed by atoms with Crippen LogP contribution in [0, 0.1) is 12.7 Å². The average molecular weight is 333 g/mol. The molecule has 118 valence electrons. The molecule has 0 radical (unpaired) electrons. The third-order valence-corrected chi connectivity index (χ3v) is 4.71. The first-order chi connectivity index (χ1) is 10.9. The van der Waals surface area contributed by atoms with Crippen LogP contribution in [0.2, 0.25) is 0 Å². The molecule has 0 spiro atoms. The Hall–Kier alpha value is -2.74. The highest BCUT2D eigenvalue weighted by atomic mass is 32.1. The van der Waals surface area contributed by atoms with Gasteiger partial charge in [-0.3, -0.25) is 4.79 Å². The number of carboxylic acids is 1. The Bertz CT molecular complexity index is 976. The van der Waals surface area contributed by atoms with Gasteiger partial charge in [-0.1, -0.05) is 12.1 Å². The molecule has 8 heteroatoms. The largest absolute Gasteiger partial charge is 0.477 e. The van der Waals surface area contributed by atoms with E-state index >= 15 is 0 Å². The van der Waals surface area contributed by atoms with E-state index in [0.717, 1.165) is 21.6 Å². The normalized spacial score (nSPS) is 11.0. The third-order valence-electron chi connectivity index (χ3n) is 3.54. The summed E-state index contributed by atoms with van der Waals surface area (Å²) in [5.74, 6) is 4.63. The van der Waals surface area contributed by atoms with Crippen LogP contribution in [0.15, 0.2) is 29.1 Å². The molecule has 0 aliphatic rings. The van der Waals surface area contributed by atoms with E-state index in [1.807, 2.05) is 0 Å². The van der Waals surface area contributed by atoms with Gasteiger partial charge >= 0.3 is 5.97 Å². The van der Waals surface area contributed by atoms with Gasteiger partial charge < -0.3 is 10.9 Å². The molecule has 0 saturated carbocycles. The van der Waals surface area contributed by atoms with E-state index in [9.17, 15) is 14.0 Å². The Balaban J connectivity index is 2.15. The van der Waals surface area contributed by atoms with Crippen LogP contribution in [0.5, 0.6) is 0 Å². The van der Waals surface area contributed by atoms with E-state index in [4.69, 9.17) is 10.9 Å². The Labute approximate surface area is 133 Å². The second-order valence-corrected chi connectivity index (χ2v) is 6.05. The van der Waals surface area contributed by atoms with Gasteiger partial charge in [0.2, 0.25) is 0 Å². The highest BCUT2D eigenvalue weighted by molar-refractivity contribution is 7.20. The van der Waals surface area contributed by atoms with E-state index < -0.39 is 11.5 Å². The zero-order valence-electron chi connectivity index (χ0n) is 12.0. The topological polar surface area (TPSA) is 98.2 Å². The van der Waals surface area contributed by atoms with E-state index in [0.29, 0.717) is 10.4 Å². The minimum Gasteiger partial charge on any atom is -0.477 e. The molecule has 0 fully saturated rings. The Morgan fingerprint density at radius 2 is 2.04 bits per heavy atom. The van der Waals surface area contributed by atoms with Gasteiger partial charge in [-0.2, -0.15) is 0 Å². The van der Waals surface area contributed by atoms with Crippen molar-refractivity contribution in [2.75, 3.05) is 5.84 Å². The van der Waals surface area contributed by atoms with Gasteiger partial charge in [0.1, 0.15) is 21.3 Å². The fourth-order valence-electron chi connectivity index (χ4n) is 2.35. The number of hydrogen-bond acceptors (Lipinski definition) is 5. The summed E-state index contributed by atoms with van der Waals surface area (Å²) in [4.78, 5) is 28.3. The summed E-state index contributed by atoms with van der Waals surface area (Å²) >= 11 is 0.943. The van der Waals surface area contributed by atoms with Crippen molar-refractivity contribution in [1.29, 1.82) is 0 Å². The number of benzene rings is 1. The molecule has 0 bridgehead atoms. The van der Waals surface area contributed by atoms with Crippen LogP contribution in [-0.4, -0.2) is 20.7 Å². The lowest BCUT2D eigenvalue weighted by Gasteiger charge is -2.07. The molecule has 0 aliphatic heterocycles. The van der Waals surface area contributed by atoms with Crippen LogP contribution < -0.4 is 11.4 Å². The van der Waals surface area contributed by atoms with Crippen molar-refractivity contribution >= 4 is 27.5 Å². The fraction of sp³-hybridized carbons (Fsp3) is 0.133. The third kappa shape index (κ3) is 2.57. The molecule has 0 aliphatic carbocycles. The second-order valence-electron chi connectivity index (χ2n) is 5.05. The zero-order valence-corrected chi connectivity index (χ0v) is 12.9. The number of rotatable bonds is 3. The Kier molecular flexibility index (Phi) is 3.61. The molecule has 0 atom stereocenters. The molecule has 23 heavy (non-hydrogen) atoms. The molecule has 3 rings (SSSR count). The van der Waals surface area contributed by atoms with Gasteiger partial charge in [0.05, 0.1) is 5.39 Å². The highest BCUT2D eigenvalue weighted by Crippen LogP contribution is 2.27. The first-order valence-electron chi connectivity index (χ1n) is 6.66. The monoisotopic (exact) mass is 333 g/mol. The van der Waals surface area contributed by atoms with Gasteiger partial charge in [-0.05, 0) is 30.2 Å². The number of nitrogens with two attached hydrogens (primary N) is 1. The van der Waals surface area contributed by atoms with Crippen LogP contribution >= 0.6 is 11.3 Å². The van der Waals surface area contributed by atoms with Gasteiger partial charge in [0.15, 0.2) is 0 Å². The van der Waals surface area contributed by atoms with Crippen molar-refractivity contribution in [2.24, 2.45) is 0 Å². The van der Waals surface area contributed by atoms with E-state index in [-0.39, 0.29) is 28.3 Å². The number of carbonyl (C=O) groups is 1.